The summed E-state index contributed by atoms with van der Waals surface area (Å²) >= 11 is 0. The van der Waals surface area contributed by atoms with Gasteiger partial charge in [-0.2, -0.15) is 0 Å². The molecule has 104 valence electrons. The van der Waals surface area contributed by atoms with E-state index in [2.05, 4.69) is 15.6 Å². The van der Waals surface area contributed by atoms with E-state index in [1.807, 2.05) is 43.3 Å². The minimum Gasteiger partial charge on any atom is -0.380 e. The zero-order chi connectivity index (χ0) is 14.2. The van der Waals surface area contributed by atoms with Crippen LogP contribution in [0.4, 0.5) is 5.69 Å². The van der Waals surface area contributed by atoms with Gasteiger partial charge < -0.3 is 10.6 Å². The summed E-state index contributed by atoms with van der Waals surface area (Å²) in [6, 6.07) is 11.4. The zero-order valence-electron chi connectivity index (χ0n) is 11.6. The van der Waals surface area contributed by atoms with E-state index in [0.29, 0.717) is 18.7 Å². The molecule has 0 unspecified atom stereocenters. The van der Waals surface area contributed by atoms with E-state index in [9.17, 15) is 4.79 Å². The summed E-state index contributed by atoms with van der Waals surface area (Å²) in [7, 11) is 0. The van der Waals surface area contributed by atoms with Crippen LogP contribution in [0, 0.1) is 0 Å². The van der Waals surface area contributed by atoms with Crippen molar-refractivity contribution in [2.75, 3.05) is 11.9 Å². The number of pyridine rings is 1. The number of carbonyl (C=O) groups excluding carboxylic acids is 1. The Morgan fingerprint density at radius 2 is 1.90 bits per heavy atom. The molecule has 2 N–H and O–H groups in total. The fourth-order valence-corrected chi connectivity index (χ4v) is 1.87. The molecular formula is C16H19N3O. The third-order valence-electron chi connectivity index (χ3n) is 2.94. The van der Waals surface area contributed by atoms with Gasteiger partial charge in [-0.25, -0.2) is 0 Å². The van der Waals surface area contributed by atoms with Gasteiger partial charge in [0.1, 0.15) is 0 Å². The van der Waals surface area contributed by atoms with Gasteiger partial charge in [0.25, 0.3) is 5.91 Å². The molecule has 0 aliphatic carbocycles. The zero-order valence-corrected chi connectivity index (χ0v) is 11.6. The third kappa shape index (κ3) is 3.82. The van der Waals surface area contributed by atoms with Gasteiger partial charge in [0.15, 0.2) is 0 Å². The molecule has 1 heterocycles. The third-order valence-corrected chi connectivity index (χ3v) is 2.94. The van der Waals surface area contributed by atoms with Crippen molar-refractivity contribution in [1.29, 1.82) is 0 Å². The number of amides is 1. The van der Waals surface area contributed by atoms with E-state index < -0.39 is 0 Å². The normalized spacial score (nSPS) is 10.1. The first-order chi connectivity index (χ1) is 9.81. The summed E-state index contributed by atoms with van der Waals surface area (Å²) in [4.78, 5) is 16.1. The molecule has 1 aromatic carbocycles. The minimum atomic E-state index is -0.0373. The Balaban J connectivity index is 2.06. The first-order valence-electron chi connectivity index (χ1n) is 6.81. The number of hydrogen-bond acceptors (Lipinski definition) is 3. The van der Waals surface area contributed by atoms with Gasteiger partial charge in [-0.3, -0.25) is 9.78 Å². The fourth-order valence-electron chi connectivity index (χ4n) is 1.87. The van der Waals surface area contributed by atoms with Crippen LogP contribution in [0.15, 0.2) is 48.8 Å². The second-order valence-electron chi connectivity index (χ2n) is 4.51. The largest absolute Gasteiger partial charge is 0.380 e. The Labute approximate surface area is 119 Å². The van der Waals surface area contributed by atoms with E-state index in [4.69, 9.17) is 0 Å². The summed E-state index contributed by atoms with van der Waals surface area (Å²) in [6.45, 7) is 3.39. The first-order valence-corrected chi connectivity index (χ1v) is 6.81. The lowest BCUT2D eigenvalue weighted by Crippen LogP contribution is -2.25. The maximum atomic E-state index is 12.1. The van der Waals surface area contributed by atoms with Gasteiger partial charge in [-0.1, -0.05) is 19.1 Å². The second-order valence-corrected chi connectivity index (χ2v) is 4.51. The van der Waals surface area contributed by atoms with Gasteiger partial charge in [0.05, 0.1) is 5.56 Å². The second kappa shape index (κ2) is 7.28. The van der Waals surface area contributed by atoms with Crippen molar-refractivity contribution < 1.29 is 4.79 Å². The lowest BCUT2D eigenvalue weighted by atomic mass is 10.1. The maximum Gasteiger partial charge on any atom is 0.253 e. The maximum absolute atomic E-state index is 12.1. The molecule has 0 aliphatic rings. The van der Waals surface area contributed by atoms with Crippen LogP contribution in [0.5, 0.6) is 0 Å². The highest BCUT2D eigenvalue weighted by molar-refractivity contribution is 5.99. The molecule has 2 aromatic rings. The highest BCUT2D eigenvalue weighted by Gasteiger charge is 2.09. The molecule has 4 heteroatoms. The Bertz CT molecular complexity index is 555. The number of nitrogens with one attached hydrogen (secondary N) is 2. The van der Waals surface area contributed by atoms with Crippen molar-refractivity contribution in [2.45, 2.75) is 19.9 Å². The Hall–Kier alpha value is -2.36. The quantitative estimate of drug-likeness (QED) is 0.848. The Morgan fingerprint density at radius 3 is 2.65 bits per heavy atom. The monoisotopic (exact) mass is 269 g/mol. The van der Waals surface area contributed by atoms with Gasteiger partial charge in [0.2, 0.25) is 0 Å². The molecular weight excluding hydrogens is 250 g/mol. The number of anilines is 1. The topological polar surface area (TPSA) is 54.0 Å². The van der Waals surface area contributed by atoms with Crippen molar-refractivity contribution in [3.05, 3.63) is 59.9 Å². The van der Waals surface area contributed by atoms with Gasteiger partial charge >= 0.3 is 0 Å². The highest BCUT2D eigenvalue weighted by atomic mass is 16.1. The molecule has 0 aliphatic heterocycles. The molecule has 0 spiro atoms. The number of aromatic nitrogens is 1. The summed E-state index contributed by atoms with van der Waals surface area (Å²) in [5.41, 5.74) is 2.65. The van der Waals surface area contributed by atoms with Gasteiger partial charge in [0, 0.05) is 31.2 Å². The number of carbonyl (C=O) groups is 1. The van der Waals surface area contributed by atoms with E-state index >= 15 is 0 Å². The lowest BCUT2D eigenvalue weighted by Gasteiger charge is -2.12. The van der Waals surface area contributed by atoms with Crippen LogP contribution in [0.1, 0.15) is 29.3 Å². The van der Waals surface area contributed by atoms with E-state index in [0.717, 1.165) is 17.7 Å². The molecule has 0 saturated carbocycles. The van der Waals surface area contributed by atoms with Crippen LogP contribution >= 0.6 is 0 Å². The van der Waals surface area contributed by atoms with Crippen LogP contribution in [0.3, 0.4) is 0 Å². The first kappa shape index (κ1) is 14.1. The number of nitrogens with zero attached hydrogens (tertiary/aromatic N) is 1. The molecule has 0 saturated heterocycles. The predicted octanol–water partition coefficient (Wildman–Crippen LogP) is 2.83. The van der Waals surface area contributed by atoms with E-state index in [1.54, 1.807) is 12.4 Å². The molecule has 2 rings (SSSR count). The standard InChI is InChI=1S/C16H19N3O/c1-2-9-18-16(20)14-5-3-4-6-15(14)19-12-13-7-10-17-11-8-13/h3-8,10-11,19H,2,9,12H2,1H3,(H,18,20). The molecule has 0 radical (unpaired) electrons. The Kier molecular flexibility index (Phi) is 5.12. The van der Waals surface area contributed by atoms with Crippen LogP contribution in [0.2, 0.25) is 0 Å². The van der Waals surface area contributed by atoms with Crippen LogP contribution in [0.25, 0.3) is 0 Å². The van der Waals surface area contributed by atoms with Crippen LogP contribution in [-0.4, -0.2) is 17.4 Å². The van der Waals surface area contributed by atoms with Gasteiger partial charge in [-0.15, -0.1) is 0 Å². The highest BCUT2D eigenvalue weighted by Crippen LogP contribution is 2.16. The average molecular weight is 269 g/mol. The number of rotatable bonds is 6. The van der Waals surface area contributed by atoms with E-state index in [1.165, 1.54) is 0 Å². The molecule has 0 atom stereocenters. The molecule has 0 bridgehead atoms. The lowest BCUT2D eigenvalue weighted by molar-refractivity contribution is 0.0954. The Morgan fingerprint density at radius 1 is 1.15 bits per heavy atom. The molecule has 1 amide bonds. The average Bonchev–Trinajstić information content (AvgIpc) is 2.52. The molecule has 20 heavy (non-hydrogen) atoms. The van der Waals surface area contributed by atoms with Crippen molar-refractivity contribution in [1.82, 2.24) is 10.3 Å². The van der Waals surface area contributed by atoms with Crippen molar-refractivity contribution in [3.8, 4) is 0 Å². The predicted molar refractivity (Wildman–Crippen MR) is 80.6 cm³/mol. The van der Waals surface area contributed by atoms with Crippen LogP contribution < -0.4 is 10.6 Å². The fraction of sp³-hybridized carbons (Fsp3) is 0.250. The summed E-state index contributed by atoms with van der Waals surface area (Å²) in [6.07, 6.45) is 4.45. The summed E-state index contributed by atoms with van der Waals surface area (Å²) in [5.74, 6) is -0.0373. The smallest absolute Gasteiger partial charge is 0.253 e. The van der Waals surface area contributed by atoms with Crippen molar-refractivity contribution >= 4 is 11.6 Å². The van der Waals surface area contributed by atoms with Gasteiger partial charge in [-0.05, 0) is 36.2 Å². The van der Waals surface area contributed by atoms with Crippen LogP contribution in [-0.2, 0) is 6.54 Å². The SMILES string of the molecule is CCCNC(=O)c1ccccc1NCc1ccncc1. The van der Waals surface area contributed by atoms with Crippen molar-refractivity contribution in [3.63, 3.8) is 0 Å². The number of para-hydroxylation sites is 1. The molecule has 4 nitrogen and oxygen atoms in total. The summed E-state index contributed by atoms with van der Waals surface area (Å²) < 4.78 is 0. The minimum absolute atomic E-state index is 0.0373. The van der Waals surface area contributed by atoms with Crippen molar-refractivity contribution in [2.24, 2.45) is 0 Å². The van der Waals surface area contributed by atoms with E-state index in [-0.39, 0.29) is 5.91 Å². The molecule has 1 aromatic heterocycles. The molecule has 0 fully saturated rings. The summed E-state index contributed by atoms with van der Waals surface area (Å²) in [5, 5.41) is 6.20. The number of benzene rings is 1. The number of hydrogen-bond donors (Lipinski definition) is 2.